The minimum Gasteiger partial charge on any atom is -0.0921 e. The first-order valence-electron chi connectivity index (χ1n) is 2.44. The van der Waals surface area contributed by atoms with Crippen LogP contribution < -0.4 is 0 Å². The summed E-state index contributed by atoms with van der Waals surface area (Å²) in [5.41, 5.74) is 0.146. The van der Waals surface area contributed by atoms with Crippen LogP contribution in [0.4, 0.5) is 0 Å². The lowest BCUT2D eigenvalue weighted by atomic mass is 10.0. The van der Waals surface area contributed by atoms with E-state index in [0.29, 0.717) is 0 Å². The molecule has 0 aromatic carbocycles. The lowest BCUT2D eigenvalue weighted by Crippen LogP contribution is -2.28. The van der Waals surface area contributed by atoms with Gasteiger partial charge < -0.3 is 0 Å². The van der Waals surface area contributed by atoms with Gasteiger partial charge in [0.2, 0.25) is 0 Å². The van der Waals surface area contributed by atoms with Crippen molar-refractivity contribution >= 4 is 63.7 Å². The zero-order chi connectivity index (χ0) is 7.71. The second-order valence-electron chi connectivity index (χ2n) is 2.52. The van der Waals surface area contributed by atoms with Gasteiger partial charge in [-0.05, 0) is 0 Å². The molecular weight excluding hydrogens is 380 g/mol. The van der Waals surface area contributed by atoms with Crippen LogP contribution in [-0.2, 0) is 0 Å². The monoisotopic (exact) mass is 384 g/mol. The van der Waals surface area contributed by atoms with Gasteiger partial charge in [0.25, 0.3) is 0 Å². The Hall–Kier alpha value is 1.92. The SMILES string of the molecule is CC(C)(CBr)C(Br)(Br)Br. The minimum atomic E-state index is -0.163. The quantitative estimate of drug-likeness (QED) is 0.590. The standard InChI is InChI=1S/C5H8Br4/c1-4(2,3-6)5(7,8)9/h3H2,1-2H3. The highest BCUT2D eigenvalue weighted by molar-refractivity contribution is 9.39. The molecule has 0 nitrogen and oxygen atoms in total. The van der Waals surface area contributed by atoms with Crippen LogP contribution in [0.25, 0.3) is 0 Å². The number of hydrogen-bond acceptors (Lipinski definition) is 0. The average Bonchev–Trinajstić information content (AvgIpc) is 1.64. The van der Waals surface area contributed by atoms with Crippen LogP contribution in [0, 0.1) is 5.41 Å². The molecule has 0 aliphatic rings. The fourth-order valence-electron chi connectivity index (χ4n) is 0.0758. The minimum absolute atomic E-state index is 0.146. The fraction of sp³-hybridized carbons (Fsp3) is 1.00. The van der Waals surface area contributed by atoms with Crippen molar-refractivity contribution in [1.82, 2.24) is 0 Å². The Morgan fingerprint density at radius 2 is 1.44 bits per heavy atom. The summed E-state index contributed by atoms with van der Waals surface area (Å²) in [6, 6.07) is 0. The summed E-state index contributed by atoms with van der Waals surface area (Å²) >= 11 is 13.8. The highest BCUT2D eigenvalue weighted by Gasteiger charge is 2.37. The molecule has 0 unspecified atom stereocenters. The highest BCUT2D eigenvalue weighted by Crippen LogP contribution is 2.49. The van der Waals surface area contributed by atoms with Crippen LogP contribution >= 0.6 is 63.7 Å². The van der Waals surface area contributed by atoms with Crippen molar-refractivity contribution in [3.63, 3.8) is 0 Å². The van der Waals surface area contributed by atoms with Gasteiger partial charge in [-0.3, -0.25) is 0 Å². The van der Waals surface area contributed by atoms with Crippen molar-refractivity contribution in [3.05, 3.63) is 0 Å². The second kappa shape index (κ2) is 3.55. The van der Waals surface area contributed by atoms with Gasteiger partial charge in [-0.15, -0.1) is 0 Å². The Labute approximate surface area is 89.7 Å². The zero-order valence-corrected chi connectivity index (χ0v) is 11.6. The molecule has 4 heteroatoms. The van der Waals surface area contributed by atoms with Gasteiger partial charge in [0.15, 0.2) is 0 Å². The average molecular weight is 388 g/mol. The van der Waals surface area contributed by atoms with E-state index in [1.165, 1.54) is 0 Å². The Morgan fingerprint density at radius 3 is 1.44 bits per heavy atom. The normalized spacial score (nSPS) is 14.0. The van der Waals surface area contributed by atoms with E-state index in [1.54, 1.807) is 0 Å². The van der Waals surface area contributed by atoms with Crippen LogP contribution in [0.5, 0.6) is 0 Å². The van der Waals surface area contributed by atoms with Crippen LogP contribution in [-0.4, -0.2) is 7.47 Å². The zero-order valence-electron chi connectivity index (χ0n) is 5.22. The molecule has 0 fully saturated rings. The van der Waals surface area contributed by atoms with E-state index in [1.807, 2.05) is 0 Å². The van der Waals surface area contributed by atoms with Gasteiger partial charge in [-0.25, -0.2) is 0 Å². The third-order valence-electron chi connectivity index (χ3n) is 1.10. The summed E-state index contributed by atoms with van der Waals surface area (Å²) in [5, 5.41) is 0.932. The van der Waals surface area contributed by atoms with E-state index in [2.05, 4.69) is 77.6 Å². The topological polar surface area (TPSA) is 0 Å². The van der Waals surface area contributed by atoms with Gasteiger partial charge in [-0.2, -0.15) is 0 Å². The molecule has 0 bridgehead atoms. The van der Waals surface area contributed by atoms with E-state index in [-0.39, 0.29) is 7.56 Å². The van der Waals surface area contributed by atoms with Gasteiger partial charge in [-0.1, -0.05) is 77.6 Å². The molecule has 0 N–H and O–H groups in total. The molecule has 0 spiro atoms. The van der Waals surface area contributed by atoms with Gasteiger partial charge in [0, 0.05) is 10.7 Å². The van der Waals surface area contributed by atoms with Crippen LogP contribution in [0.1, 0.15) is 13.8 Å². The summed E-state index contributed by atoms with van der Waals surface area (Å²) in [4.78, 5) is 0. The second-order valence-corrected chi connectivity index (χ2v) is 9.84. The molecule has 0 radical (unpaired) electrons. The fourth-order valence-corrected chi connectivity index (χ4v) is 2.05. The third kappa shape index (κ3) is 3.21. The van der Waals surface area contributed by atoms with E-state index in [9.17, 15) is 0 Å². The van der Waals surface area contributed by atoms with Crippen molar-refractivity contribution in [2.45, 2.75) is 16.0 Å². The molecule has 0 aromatic rings. The predicted octanol–water partition coefficient (Wildman–Crippen LogP) is 4.25. The lowest BCUT2D eigenvalue weighted by molar-refractivity contribution is 0.468. The van der Waals surface area contributed by atoms with Gasteiger partial charge >= 0.3 is 0 Å². The lowest BCUT2D eigenvalue weighted by Gasteiger charge is -2.31. The summed E-state index contributed by atoms with van der Waals surface area (Å²) in [7, 11) is 0. The summed E-state index contributed by atoms with van der Waals surface area (Å²) in [6.45, 7) is 4.28. The van der Waals surface area contributed by atoms with E-state index < -0.39 is 0 Å². The molecule has 0 rings (SSSR count). The largest absolute Gasteiger partial charge is 0.140 e. The first-order chi connectivity index (χ1) is 3.81. The maximum atomic E-state index is 3.46. The van der Waals surface area contributed by atoms with Gasteiger partial charge in [0.05, 0.1) is 0 Å². The molecule has 0 atom stereocenters. The number of halogens is 4. The maximum absolute atomic E-state index is 3.46. The van der Waals surface area contributed by atoms with Crippen molar-refractivity contribution in [3.8, 4) is 0 Å². The number of alkyl halides is 4. The molecule has 56 valence electrons. The molecule has 0 aliphatic heterocycles. The Balaban J connectivity index is 4.14. The third-order valence-corrected chi connectivity index (χ3v) is 5.72. The predicted molar refractivity (Wildman–Crippen MR) is 57.1 cm³/mol. The first-order valence-corrected chi connectivity index (χ1v) is 5.94. The smallest absolute Gasteiger partial charge is 0.0921 e. The van der Waals surface area contributed by atoms with E-state index in [0.717, 1.165) is 5.33 Å². The number of hydrogen-bond donors (Lipinski definition) is 0. The van der Waals surface area contributed by atoms with Crippen LogP contribution in [0.3, 0.4) is 0 Å². The molecule has 0 aromatic heterocycles. The van der Waals surface area contributed by atoms with Crippen molar-refractivity contribution in [2.75, 3.05) is 5.33 Å². The van der Waals surface area contributed by atoms with Gasteiger partial charge in [0.1, 0.15) is 2.14 Å². The Kier molecular flexibility index (Phi) is 4.30. The maximum Gasteiger partial charge on any atom is 0.140 e. The molecule has 0 heterocycles. The van der Waals surface area contributed by atoms with E-state index in [4.69, 9.17) is 0 Å². The Bertz CT molecular complexity index is 91.6. The molecular formula is C5H8Br4. The van der Waals surface area contributed by atoms with Crippen molar-refractivity contribution < 1.29 is 0 Å². The molecule has 0 saturated carbocycles. The first kappa shape index (κ1) is 10.9. The van der Waals surface area contributed by atoms with Crippen molar-refractivity contribution in [2.24, 2.45) is 5.41 Å². The summed E-state index contributed by atoms with van der Waals surface area (Å²) in [6.07, 6.45) is 0. The van der Waals surface area contributed by atoms with Crippen LogP contribution in [0.15, 0.2) is 0 Å². The highest BCUT2D eigenvalue weighted by atomic mass is 80.0. The van der Waals surface area contributed by atoms with Crippen molar-refractivity contribution in [1.29, 1.82) is 0 Å². The molecule has 0 amide bonds. The van der Waals surface area contributed by atoms with Crippen LogP contribution in [0.2, 0.25) is 0 Å². The molecule has 0 saturated heterocycles. The summed E-state index contributed by atoms with van der Waals surface area (Å²) < 4.78 is -0.163. The summed E-state index contributed by atoms with van der Waals surface area (Å²) in [5.74, 6) is 0. The molecule has 0 aliphatic carbocycles. The number of rotatable bonds is 1. The Morgan fingerprint density at radius 1 is 1.11 bits per heavy atom. The molecule has 9 heavy (non-hydrogen) atoms. The van der Waals surface area contributed by atoms with E-state index >= 15 is 0 Å².